The molecule has 0 aromatic heterocycles. The van der Waals surface area contributed by atoms with Gasteiger partial charge in [0.15, 0.2) is 0 Å². The average Bonchev–Trinajstić information content (AvgIpc) is 2.27. The summed E-state index contributed by atoms with van der Waals surface area (Å²) in [4.78, 5) is 13.7. The van der Waals surface area contributed by atoms with E-state index in [1.807, 2.05) is 31.7 Å². The quantitative estimate of drug-likeness (QED) is 0.715. The van der Waals surface area contributed by atoms with Gasteiger partial charge in [0.25, 0.3) is 0 Å². The molecule has 1 fully saturated rings. The highest BCUT2D eigenvalue weighted by molar-refractivity contribution is 5.68. The van der Waals surface area contributed by atoms with Crippen molar-refractivity contribution in [2.75, 3.05) is 13.1 Å². The molecular weight excluding hydrogens is 226 g/mol. The van der Waals surface area contributed by atoms with Gasteiger partial charge in [0.2, 0.25) is 0 Å². The standard InChI is InChI=1S/C15H27NO2/c1-6-12(2)11-13-7-9-16(10-8-13)14(17)18-15(3,4)5/h6,12-13H,1,7-11H2,2-5H3. The van der Waals surface area contributed by atoms with Crippen molar-refractivity contribution >= 4 is 6.09 Å². The van der Waals surface area contributed by atoms with Crippen LogP contribution < -0.4 is 0 Å². The van der Waals surface area contributed by atoms with E-state index in [0.29, 0.717) is 5.92 Å². The van der Waals surface area contributed by atoms with Crippen LogP contribution >= 0.6 is 0 Å². The minimum absolute atomic E-state index is 0.169. The SMILES string of the molecule is C=CC(C)CC1CCN(C(=O)OC(C)(C)C)CC1. The molecule has 1 aliphatic rings. The van der Waals surface area contributed by atoms with Crippen LogP contribution in [0.1, 0.15) is 47.0 Å². The van der Waals surface area contributed by atoms with Crippen LogP contribution in [0.15, 0.2) is 12.7 Å². The maximum atomic E-state index is 11.9. The molecule has 0 aromatic rings. The molecule has 0 aromatic carbocycles. The third kappa shape index (κ3) is 5.11. The highest BCUT2D eigenvalue weighted by atomic mass is 16.6. The van der Waals surface area contributed by atoms with Crippen molar-refractivity contribution in [2.24, 2.45) is 11.8 Å². The minimum Gasteiger partial charge on any atom is -0.444 e. The molecule has 0 radical (unpaired) electrons. The molecule has 1 atom stereocenters. The summed E-state index contributed by atoms with van der Waals surface area (Å²) in [6.45, 7) is 13.4. The summed E-state index contributed by atoms with van der Waals surface area (Å²) in [5, 5.41) is 0. The van der Waals surface area contributed by atoms with E-state index < -0.39 is 5.60 Å². The monoisotopic (exact) mass is 253 g/mol. The first-order chi connectivity index (χ1) is 8.31. The van der Waals surface area contributed by atoms with Crippen LogP contribution in [0.3, 0.4) is 0 Å². The molecule has 1 rings (SSSR count). The number of carbonyl (C=O) groups excluding carboxylic acids is 1. The molecule has 0 bridgehead atoms. The molecule has 1 saturated heterocycles. The van der Waals surface area contributed by atoms with E-state index in [9.17, 15) is 4.79 Å². The van der Waals surface area contributed by atoms with Gasteiger partial charge in [-0.05, 0) is 51.9 Å². The molecule has 18 heavy (non-hydrogen) atoms. The van der Waals surface area contributed by atoms with Crippen molar-refractivity contribution in [1.29, 1.82) is 0 Å². The zero-order valence-corrected chi connectivity index (χ0v) is 12.2. The summed E-state index contributed by atoms with van der Waals surface area (Å²) in [6.07, 6.45) is 5.19. The van der Waals surface area contributed by atoms with Crippen LogP contribution in [-0.2, 0) is 4.74 Å². The number of piperidine rings is 1. The van der Waals surface area contributed by atoms with Crippen LogP contribution in [0.2, 0.25) is 0 Å². The van der Waals surface area contributed by atoms with Crippen LogP contribution in [0, 0.1) is 11.8 Å². The molecule has 3 nitrogen and oxygen atoms in total. The first kappa shape index (κ1) is 15.1. The van der Waals surface area contributed by atoms with E-state index in [2.05, 4.69) is 13.5 Å². The fourth-order valence-electron chi connectivity index (χ4n) is 2.30. The molecule has 1 unspecified atom stereocenters. The third-order valence-electron chi connectivity index (χ3n) is 3.37. The topological polar surface area (TPSA) is 29.5 Å². The Bertz CT molecular complexity index is 285. The zero-order chi connectivity index (χ0) is 13.8. The molecule has 1 amide bonds. The summed E-state index contributed by atoms with van der Waals surface area (Å²) in [5.41, 5.74) is -0.398. The van der Waals surface area contributed by atoms with Crippen molar-refractivity contribution in [1.82, 2.24) is 4.90 Å². The van der Waals surface area contributed by atoms with E-state index in [4.69, 9.17) is 4.74 Å². The molecule has 1 heterocycles. The molecule has 104 valence electrons. The fourth-order valence-corrected chi connectivity index (χ4v) is 2.30. The Kier molecular flexibility index (Phi) is 5.24. The Morgan fingerprint density at radius 2 is 2.00 bits per heavy atom. The van der Waals surface area contributed by atoms with Gasteiger partial charge in [-0.3, -0.25) is 0 Å². The number of nitrogens with zero attached hydrogens (tertiary/aromatic N) is 1. The van der Waals surface area contributed by atoms with Gasteiger partial charge < -0.3 is 9.64 Å². The highest BCUT2D eigenvalue weighted by Gasteiger charge is 2.27. The Morgan fingerprint density at radius 3 is 2.44 bits per heavy atom. The normalized spacial score (nSPS) is 19.4. The molecule has 3 heteroatoms. The van der Waals surface area contributed by atoms with E-state index in [1.54, 1.807) is 0 Å². The van der Waals surface area contributed by atoms with Gasteiger partial charge in [-0.25, -0.2) is 4.79 Å². The smallest absolute Gasteiger partial charge is 0.410 e. The minimum atomic E-state index is -0.398. The average molecular weight is 253 g/mol. The number of ether oxygens (including phenoxy) is 1. The molecule has 0 saturated carbocycles. The summed E-state index contributed by atoms with van der Waals surface area (Å²) < 4.78 is 5.39. The first-order valence-corrected chi connectivity index (χ1v) is 6.92. The van der Waals surface area contributed by atoms with Crippen molar-refractivity contribution in [3.8, 4) is 0 Å². The Balaban J connectivity index is 2.35. The number of allylic oxidation sites excluding steroid dienone is 1. The van der Waals surface area contributed by atoms with Crippen molar-refractivity contribution < 1.29 is 9.53 Å². The second-order valence-corrected chi connectivity index (χ2v) is 6.36. The van der Waals surface area contributed by atoms with Crippen LogP contribution in [0.25, 0.3) is 0 Å². The van der Waals surface area contributed by atoms with Gasteiger partial charge >= 0.3 is 6.09 Å². The lowest BCUT2D eigenvalue weighted by Gasteiger charge is -2.34. The Morgan fingerprint density at radius 1 is 1.44 bits per heavy atom. The lowest BCUT2D eigenvalue weighted by molar-refractivity contribution is 0.0178. The van der Waals surface area contributed by atoms with Gasteiger partial charge in [0, 0.05) is 13.1 Å². The van der Waals surface area contributed by atoms with E-state index in [1.165, 1.54) is 6.42 Å². The summed E-state index contributed by atoms with van der Waals surface area (Å²) in [6, 6.07) is 0. The summed E-state index contributed by atoms with van der Waals surface area (Å²) >= 11 is 0. The molecular formula is C15H27NO2. The molecule has 0 spiro atoms. The maximum absolute atomic E-state index is 11.9. The summed E-state index contributed by atoms with van der Waals surface area (Å²) in [5.74, 6) is 1.29. The summed E-state index contributed by atoms with van der Waals surface area (Å²) in [7, 11) is 0. The lowest BCUT2D eigenvalue weighted by Crippen LogP contribution is -2.41. The molecule has 0 N–H and O–H groups in total. The van der Waals surface area contributed by atoms with Crippen LogP contribution in [0.5, 0.6) is 0 Å². The highest BCUT2D eigenvalue weighted by Crippen LogP contribution is 2.25. The van der Waals surface area contributed by atoms with Crippen molar-refractivity contribution in [3.05, 3.63) is 12.7 Å². The molecule has 0 aliphatic carbocycles. The van der Waals surface area contributed by atoms with Crippen molar-refractivity contribution in [2.45, 2.75) is 52.6 Å². The number of rotatable bonds is 3. The fraction of sp³-hybridized carbons (Fsp3) is 0.800. The second kappa shape index (κ2) is 6.26. The largest absolute Gasteiger partial charge is 0.444 e. The van der Waals surface area contributed by atoms with Gasteiger partial charge in [-0.2, -0.15) is 0 Å². The number of carbonyl (C=O) groups is 1. The van der Waals surface area contributed by atoms with E-state index in [-0.39, 0.29) is 6.09 Å². The predicted molar refractivity (Wildman–Crippen MR) is 74.5 cm³/mol. The van der Waals surface area contributed by atoms with Gasteiger partial charge in [0.05, 0.1) is 0 Å². The first-order valence-electron chi connectivity index (χ1n) is 6.92. The van der Waals surface area contributed by atoms with E-state index >= 15 is 0 Å². The van der Waals surface area contributed by atoms with Gasteiger partial charge in [0.1, 0.15) is 5.60 Å². The number of amides is 1. The number of likely N-dealkylation sites (tertiary alicyclic amines) is 1. The van der Waals surface area contributed by atoms with Gasteiger partial charge in [-0.15, -0.1) is 6.58 Å². The Labute approximate surface area is 111 Å². The zero-order valence-electron chi connectivity index (χ0n) is 12.2. The van der Waals surface area contributed by atoms with Gasteiger partial charge in [-0.1, -0.05) is 13.0 Å². The molecule has 1 aliphatic heterocycles. The Hall–Kier alpha value is -0.990. The van der Waals surface area contributed by atoms with Crippen molar-refractivity contribution in [3.63, 3.8) is 0 Å². The number of hydrogen-bond donors (Lipinski definition) is 0. The van der Waals surface area contributed by atoms with Crippen LogP contribution in [-0.4, -0.2) is 29.7 Å². The second-order valence-electron chi connectivity index (χ2n) is 6.36. The van der Waals surface area contributed by atoms with E-state index in [0.717, 1.165) is 31.8 Å². The lowest BCUT2D eigenvalue weighted by atomic mass is 9.88. The van der Waals surface area contributed by atoms with Crippen LogP contribution in [0.4, 0.5) is 4.79 Å². The number of hydrogen-bond acceptors (Lipinski definition) is 2. The third-order valence-corrected chi connectivity index (χ3v) is 3.37. The predicted octanol–water partition coefficient (Wildman–Crippen LogP) is 3.85. The maximum Gasteiger partial charge on any atom is 0.410 e.